The number of sulfonamides is 1. The summed E-state index contributed by atoms with van der Waals surface area (Å²) in [5.41, 5.74) is 0.816. The van der Waals surface area contributed by atoms with Gasteiger partial charge in [0, 0.05) is 30.0 Å². The van der Waals surface area contributed by atoms with E-state index in [2.05, 4.69) is 9.71 Å². The van der Waals surface area contributed by atoms with E-state index in [4.69, 9.17) is 16.3 Å². The van der Waals surface area contributed by atoms with E-state index in [-0.39, 0.29) is 17.2 Å². The minimum absolute atomic E-state index is 0.0541. The van der Waals surface area contributed by atoms with Gasteiger partial charge in [0.2, 0.25) is 10.0 Å². The Morgan fingerprint density at radius 1 is 1.25 bits per heavy atom. The normalized spacial score (nSPS) is 11.3. The van der Waals surface area contributed by atoms with Crippen LogP contribution >= 0.6 is 11.6 Å². The van der Waals surface area contributed by atoms with E-state index < -0.39 is 10.0 Å². The molecule has 1 N–H and O–H groups in total. The van der Waals surface area contributed by atoms with Gasteiger partial charge in [0.25, 0.3) is 0 Å². The quantitative estimate of drug-likeness (QED) is 0.919. The van der Waals surface area contributed by atoms with E-state index in [1.165, 1.54) is 25.3 Å². The number of benzene rings is 1. The largest absolute Gasteiger partial charge is 0.495 e. The van der Waals surface area contributed by atoms with Crippen LogP contribution in [0.15, 0.2) is 47.6 Å². The first-order chi connectivity index (χ1) is 9.53. The predicted octanol–water partition coefficient (Wildman–Crippen LogP) is 2.22. The summed E-state index contributed by atoms with van der Waals surface area (Å²) in [7, 11) is -2.28. The monoisotopic (exact) mass is 312 g/mol. The fraction of sp³-hybridized carbons (Fsp3) is 0.154. The summed E-state index contributed by atoms with van der Waals surface area (Å²) in [4.78, 5) is 3.93. The smallest absolute Gasteiger partial charge is 0.244 e. The highest BCUT2D eigenvalue weighted by Crippen LogP contribution is 2.27. The first-order valence-electron chi connectivity index (χ1n) is 5.75. The molecule has 0 radical (unpaired) electrons. The number of hydrogen-bond donors (Lipinski definition) is 1. The van der Waals surface area contributed by atoms with Crippen LogP contribution in [0, 0.1) is 0 Å². The Labute approximate surface area is 122 Å². The summed E-state index contributed by atoms with van der Waals surface area (Å²) in [5.74, 6) is 0.208. The average molecular weight is 313 g/mol. The molecule has 0 amide bonds. The topological polar surface area (TPSA) is 68.3 Å². The molecule has 0 bridgehead atoms. The van der Waals surface area contributed by atoms with Crippen molar-refractivity contribution in [2.24, 2.45) is 0 Å². The molecule has 20 heavy (non-hydrogen) atoms. The number of halogens is 1. The van der Waals surface area contributed by atoms with Gasteiger partial charge in [-0.3, -0.25) is 4.98 Å². The van der Waals surface area contributed by atoms with Crippen molar-refractivity contribution in [1.82, 2.24) is 9.71 Å². The van der Waals surface area contributed by atoms with E-state index in [9.17, 15) is 8.42 Å². The molecule has 1 aromatic heterocycles. The number of hydrogen-bond acceptors (Lipinski definition) is 4. The SMILES string of the molecule is COc1cc(Cl)ccc1S(=O)(=O)NCc1ccncc1. The predicted molar refractivity (Wildman–Crippen MR) is 76.3 cm³/mol. The van der Waals surface area contributed by atoms with Crippen molar-refractivity contribution in [3.63, 3.8) is 0 Å². The molecular formula is C13H13ClN2O3S. The molecule has 0 saturated carbocycles. The van der Waals surface area contributed by atoms with Crippen molar-refractivity contribution in [3.8, 4) is 5.75 Å². The fourth-order valence-corrected chi connectivity index (χ4v) is 2.95. The van der Waals surface area contributed by atoms with Gasteiger partial charge in [0.05, 0.1) is 7.11 Å². The zero-order chi connectivity index (χ0) is 14.6. The van der Waals surface area contributed by atoms with Crippen LogP contribution < -0.4 is 9.46 Å². The number of nitrogens with zero attached hydrogens (tertiary/aromatic N) is 1. The molecule has 1 aromatic carbocycles. The lowest BCUT2D eigenvalue weighted by Gasteiger charge is -2.11. The molecule has 0 spiro atoms. The van der Waals surface area contributed by atoms with Crippen LogP contribution in [0.3, 0.4) is 0 Å². The molecular weight excluding hydrogens is 300 g/mol. The lowest BCUT2D eigenvalue weighted by molar-refractivity contribution is 0.402. The second-order valence-corrected chi connectivity index (χ2v) is 6.15. The van der Waals surface area contributed by atoms with Gasteiger partial charge in [-0.05, 0) is 29.8 Å². The van der Waals surface area contributed by atoms with Crippen LogP contribution in [0.2, 0.25) is 5.02 Å². The minimum atomic E-state index is -3.67. The van der Waals surface area contributed by atoms with Gasteiger partial charge in [0.1, 0.15) is 10.6 Å². The summed E-state index contributed by atoms with van der Waals surface area (Å²) < 4.78 is 32.1. The molecule has 7 heteroatoms. The standard InChI is InChI=1S/C13H13ClN2O3S/c1-19-12-8-11(14)2-3-13(12)20(17,18)16-9-10-4-6-15-7-5-10/h2-8,16H,9H2,1H3. The molecule has 0 aliphatic carbocycles. The Balaban J connectivity index is 2.22. The van der Waals surface area contributed by atoms with Crippen LogP contribution in [0.4, 0.5) is 0 Å². The van der Waals surface area contributed by atoms with Gasteiger partial charge in [0.15, 0.2) is 0 Å². The van der Waals surface area contributed by atoms with E-state index >= 15 is 0 Å². The Morgan fingerprint density at radius 2 is 1.95 bits per heavy atom. The van der Waals surface area contributed by atoms with Gasteiger partial charge in [-0.15, -0.1) is 0 Å². The van der Waals surface area contributed by atoms with Gasteiger partial charge < -0.3 is 4.74 Å². The highest BCUT2D eigenvalue weighted by molar-refractivity contribution is 7.89. The highest BCUT2D eigenvalue weighted by atomic mass is 35.5. The first-order valence-corrected chi connectivity index (χ1v) is 7.61. The van der Waals surface area contributed by atoms with Gasteiger partial charge in [-0.2, -0.15) is 0 Å². The van der Waals surface area contributed by atoms with E-state index in [0.29, 0.717) is 5.02 Å². The number of pyridine rings is 1. The summed E-state index contributed by atoms with van der Waals surface area (Å²) >= 11 is 5.82. The van der Waals surface area contributed by atoms with Crippen molar-refractivity contribution in [2.45, 2.75) is 11.4 Å². The molecule has 1 heterocycles. The molecule has 2 aromatic rings. The Kier molecular flexibility index (Phi) is 4.59. The number of rotatable bonds is 5. The third-order valence-corrected chi connectivity index (χ3v) is 4.31. The Morgan fingerprint density at radius 3 is 2.60 bits per heavy atom. The maximum atomic E-state index is 12.2. The molecule has 0 aliphatic rings. The van der Waals surface area contributed by atoms with Crippen LogP contribution in [-0.4, -0.2) is 20.5 Å². The summed E-state index contributed by atoms with van der Waals surface area (Å²) in [6.07, 6.45) is 3.21. The summed E-state index contributed by atoms with van der Waals surface area (Å²) in [6.45, 7) is 0.177. The van der Waals surface area contributed by atoms with Crippen molar-refractivity contribution >= 4 is 21.6 Å². The lowest BCUT2D eigenvalue weighted by Crippen LogP contribution is -2.23. The Hall–Kier alpha value is -1.63. The maximum absolute atomic E-state index is 12.2. The van der Waals surface area contributed by atoms with Crippen molar-refractivity contribution in [1.29, 1.82) is 0 Å². The molecule has 0 aliphatic heterocycles. The molecule has 5 nitrogen and oxygen atoms in total. The van der Waals surface area contributed by atoms with Crippen molar-refractivity contribution < 1.29 is 13.2 Å². The third kappa shape index (κ3) is 3.47. The van der Waals surface area contributed by atoms with Gasteiger partial charge in [-0.25, -0.2) is 13.1 Å². The van der Waals surface area contributed by atoms with Crippen LogP contribution in [0.25, 0.3) is 0 Å². The molecule has 2 rings (SSSR count). The lowest BCUT2D eigenvalue weighted by atomic mass is 10.3. The van der Waals surface area contributed by atoms with Gasteiger partial charge >= 0.3 is 0 Å². The summed E-state index contributed by atoms with van der Waals surface area (Å²) in [6, 6.07) is 7.85. The maximum Gasteiger partial charge on any atom is 0.244 e. The van der Waals surface area contributed by atoms with E-state index in [1.54, 1.807) is 24.5 Å². The molecule has 0 unspecified atom stereocenters. The van der Waals surface area contributed by atoms with Crippen molar-refractivity contribution in [3.05, 3.63) is 53.3 Å². The van der Waals surface area contributed by atoms with Crippen LogP contribution in [-0.2, 0) is 16.6 Å². The molecule has 0 saturated heterocycles. The third-order valence-electron chi connectivity index (χ3n) is 2.63. The summed E-state index contributed by atoms with van der Waals surface area (Å²) in [5, 5.41) is 0.412. The number of aromatic nitrogens is 1. The average Bonchev–Trinajstić information content (AvgIpc) is 2.46. The minimum Gasteiger partial charge on any atom is -0.495 e. The molecule has 0 atom stereocenters. The zero-order valence-electron chi connectivity index (χ0n) is 10.7. The van der Waals surface area contributed by atoms with Gasteiger partial charge in [-0.1, -0.05) is 11.6 Å². The van der Waals surface area contributed by atoms with Crippen LogP contribution in [0.5, 0.6) is 5.75 Å². The molecule has 106 valence electrons. The second-order valence-electron chi connectivity index (χ2n) is 3.98. The first kappa shape index (κ1) is 14.8. The van der Waals surface area contributed by atoms with Crippen molar-refractivity contribution in [2.75, 3.05) is 7.11 Å². The zero-order valence-corrected chi connectivity index (χ0v) is 12.3. The highest BCUT2D eigenvalue weighted by Gasteiger charge is 2.19. The second kappa shape index (κ2) is 6.21. The van der Waals surface area contributed by atoms with E-state index in [0.717, 1.165) is 5.56 Å². The number of methoxy groups -OCH3 is 1. The molecule has 0 fully saturated rings. The van der Waals surface area contributed by atoms with Crippen LogP contribution in [0.1, 0.15) is 5.56 Å². The fourth-order valence-electron chi connectivity index (χ4n) is 1.62. The number of ether oxygens (including phenoxy) is 1. The number of nitrogens with one attached hydrogen (secondary N) is 1. The Bertz CT molecular complexity index is 690. The van der Waals surface area contributed by atoms with E-state index in [1.807, 2.05) is 0 Å².